The Labute approximate surface area is 54.5 Å². The molecule has 0 aliphatic carbocycles. The zero-order valence-electron chi connectivity index (χ0n) is 4.39. The first kappa shape index (κ1) is 7.62. The van der Waals surface area contributed by atoms with Crippen molar-refractivity contribution in [1.29, 1.82) is 10.5 Å². The molecule has 0 aliphatic heterocycles. The Bertz CT molecular complexity index is 140. The Morgan fingerprint density at radius 1 is 1.50 bits per heavy atom. The zero-order chi connectivity index (χ0) is 6.62. The third-order valence-corrected chi connectivity index (χ3v) is 3.13. The van der Waals surface area contributed by atoms with Crippen molar-refractivity contribution in [2.75, 3.05) is 5.75 Å². The molecular formula is C4H5ClN2S. The Morgan fingerprint density at radius 3 is 1.88 bits per heavy atom. The molecule has 0 radical (unpaired) electrons. The topological polar surface area (TPSA) is 47.6 Å². The van der Waals surface area contributed by atoms with E-state index in [9.17, 15) is 0 Å². The number of nitriles is 2. The van der Waals surface area contributed by atoms with Crippen molar-refractivity contribution < 1.29 is 0 Å². The SMILES string of the molecule is CCS(Cl)(C#N)C#N. The Hall–Kier alpha value is -0.380. The molecule has 0 spiro atoms. The van der Waals surface area contributed by atoms with E-state index in [0.717, 1.165) is 0 Å². The van der Waals surface area contributed by atoms with Crippen LogP contribution >= 0.6 is 19.9 Å². The van der Waals surface area contributed by atoms with Gasteiger partial charge in [0.15, 0.2) is 0 Å². The van der Waals surface area contributed by atoms with Crippen molar-refractivity contribution in [2.24, 2.45) is 0 Å². The van der Waals surface area contributed by atoms with Crippen LogP contribution in [0.5, 0.6) is 0 Å². The van der Waals surface area contributed by atoms with Crippen molar-refractivity contribution in [3.8, 4) is 10.8 Å². The molecule has 0 amide bonds. The van der Waals surface area contributed by atoms with Crippen LogP contribution < -0.4 is 0 Å². The number of nitrogens with zero attached hydrogens (tertiary/aromatic N) is 2. The van der Waals surface area contributed by atoms with Crippen molar-refractivity contribution in [3.05, 3.63) is 0 Å². The maximum atomic E-state index is 8.22. The number of halogens is 1. The first-order valence-electron chi connectivity index (χ1n) is 2.01. The largest absolute Gasteiger partial charge is 0.185 e. The highest BCUT2D eigenvalue weighted by atomic mass is 35.7. The second-order valence-electron chi connectivity index (χ2n) is 1.13. The number of rotatable bonds is 1. The fourth-order valence-corrected chi connectivity index (χ4v) is 0.449. The standard InChI is InChI=1S/C4H5ClN2S/c1-2-8(5,3-6)4-7/h2H2,1H3. The molecule has 0 aromatic heterocycles. The van der Waals surface area contributed by atoms with E-state index in [-0.39, 0.29) is 0 Å². The summed E-state index contributed by atoms with van der Waals surface area (Å²) in [5.74, 6) is 0.446. The Morgan fingerprint density at radius 2 is 1.88 bits per heavy atom. The van der Waals surface area contributed by atoms with E-state index in [4.69, 9.17) is 21.2 Å². The third kappa shape index (κ3) is 1.61. The zero-order valence-corrected chi connectivity index (χ0v) is 5.96. The van der Waals surface area contributed by atoms with Crippen LogP contribution in [0.15, 0.2) is 0 Å². The summed E-state index contributed by atoms with van der Waals surface area (Å²) in [7, 11) is 3.38. The van der Waals surface area contributed by atoms with Gasteiger partial charge in [0.25, 0.3) is 0 Å². The van der Waals surface area contributed by atoms with Crippen LogP contribution in [0.1, 0.15) is 6.92 Å². The minimum atomic E-state index is -2.07. The summed E-state index contributed by atoms with van der Waals surface area (Å²) in [5.41, 5.74) is 0. The van der Waals surface area contributed by atoms with Gasteiger partial charge >= 0.3 is 0 Å². The summed E-state index contributed by atoms with van der Waals surface area (Å²) in [4.78, 5) is 0. The highest BCUT2D eigenvalue weighted by Gasteiger charge is 2.15. The molecule has 0 aliphatic rings. The quantitative estimate of drug-likeness (QED) is 0.534. The van der Waals surface area contributed by atoms with Crippen LogP contribution in [0, 0.1) is 21.3 Å². The fourth-order valence-electron chi connectivity index (χ4n) is 0.150. The minimum absolute atomic E-state index is 0.446. The minimum Gasteiger partial charge on any atom is -0.185 e. The van der Waals surface area contributed by atoms with Gasteiger partial charge in [0, 0.05) is 15.0 Å². The van der Waals surface area contributed by atoms with E-state index in [0.29, 0.717) is 5.75 Å². The normalized spacial score (nSPS) is 11.5. The second-order valence-corrected chi connectivity index (χ2v) is 4.96. The molecule has 2 nitrogen and oxygen atoms in total. The van der Waals surface area contributed by atoms with Gasteiger partial charge < -0.3 is 0 Å². The summed E-state index contributed by atoms with van der Waals surface area (Å²) in [6, 6.07) is 0. The summed E-state index contributed by atoms with van der Waals surface area (Å²) >= 11 is 0. The lowest BCUT2D eigenvalue weighted by atomic mass is 11.0. The van der Waals surface area contributed by atoms with Gasteiger partial charge in [-0.15, -0.1) is 0 Å². The molecule has 0 fully saturated rings. The van der Waals surface area contributed by atoms with E-state index < -0.39 is 9.24 Å². The lowest BCUT2D eigenvalue weighted by Crippen LogP contribution is -1.84. The molecule has 0 saturated heterocycles. The van der Waals surface area contributed by atoms with Gasteiger partial charge in [-0.25, -0.2) is 0 Å². The fraction of sp³-hybridized carbons (Fsp3) is 0.500. The van der Waals surface area contributed by atoms with Crippen LogP contribution in [0.4, 0.5) is 0 Å². The molecule has 4 heteroatoms. The Kier molecular flexibility index (Phi) is 2.68. The highest BCUT2D eigenvalue weighted by Crippen LogP contribution is 2.49. The van der Waals surface area contributed by atoms with Crippen molar-refractivity contribution in [3.63, 3.8) is 0 Å². The summed E-state index contributed by atoms with van der Waals surface area (Å²) < 4.78 is 0. The smallest absolute Gasteiger partial charge is 0.141 e. The molecule has 8 heavy (non-hydrogen) atoms. The molecule has 0 atom stereocenters. The molecule has 0 bridgehead atoms. The van der Waals surface area contributed by atoms with Crippen molar-refractivity contribution in [2.45, 2.75) is 6.92 Å². The van der Waals surface area contributed by atoms with Crippen LogP contribution in [0.2, 0.25) is 0 Å². The van der Waals surface area contributed by atoms with E-state index in [1.807, 2.05) is 0 Å². The monoisotopic (exact) mass is 148 g/mol. The van der Waals surface area contributed by atoms with Crippen LogP contribution in [-0.4, -0.2) is 5.75 Å². The maximum absolute atomic E-state index is 8.22. The van der Waals surface area contributed by atoms with Gasteiger partial charge in [-0.2, -0.15) is 10.5 Å². The maximum Gasteiger partial charge on any atom is 0.141 e. The molecule has 0 heterocycles. The molecule has 0 saturated carbocycles. The molecule has 0 N–H and O–H groups in total. The molecule has 0 unspecified atom stereocenters. The molecule has 0 aromatic rings. The lowest BCUT2D eigenvalue weighted by Gasteiger charge is -2.08. The lowest BCUT2D eigenvalue weighted by molar-refractivity contribution is 1.50. The molecule has 0 aromatic carbocycles. The van der Waals surface area contributed by atoms with Crippen molar-refractivity contribution in [1.82, 2.24) is 0 Å². The average molecular weight is 149 g/mol. The molecule has 0 rings (SSSR count). The molecule has 44 valence electrons. The number of thiocyanates is 2. The predicted octanol–water partition coefficient (Wildman–Crippen LogP) is 1.93. The van der Waals surface area contributed by atoms with Gasteiger partial charge in [0.2, 0.25) is 0 Å². The number of hydrogen-bond acceptors (Lipinski definition) is 2. The van der Waals surface area contributed by atoms with Crippen LogP contribution in [0.25, 0.3) is 0 Å². The molecular weight excluding hydrogens is 144 g/mol. The average Bonchev–Trinajstić information content (AvgIpc) is 1.87. The van der Waals surface area contributed by atoms with E-state index in [1.54, 1.807) is 17.7 Å². The second kappa shape index (κ2) is 2.81. The van der Waals surface area contributed by atoms with Crippen LogP contribution in [-0.2, 0) is 0 Å². The number of hydrogen-bond donors (Lipinski definition) is 0. The van der Waals surface area contributed by atoms with E-state index in [1.165, 1.54) is 0 Å². The van der Waals surface area contributed by atoms with E-state index >= 15 is 0 Å². The first-order chi connectivity index (χ1) is 3.68. The van der Waals surface area contributed by atoms with Gasteiger partial charge in [-0.1, -0.05) is 6.92 Å². The van der Waals surface area contributed by atoms with Gasteiger partial charge in [0.05, 0.1) is 0 Å². The van der Waals surface area contributed by atoms with Gasteiger partial charge in [-0.05, 0) is 10.7 Å². The summed E-state index contributed by atoms with van der Waals surface area (Å²) in [6.07, 6.45) is 0. The summed E-state index contributed by atoms with van der Waals surface area (Å²) in [5, 5.41) is 20.0. The van der Waals surface area contributed by atoms with E-state index in [2.05, 4.69) is 0 Å². The Balaban J connectivity index is 4.11. The predicted molar refractivity (Wildman–Crippen MR) is 35.2 cm³/mol. The first-order valence-corrected chi connectivity index (χ1v) is 4.63. The third-order valence-electron chi connectivity index (χ3n) is 0.687. The van der Waals surface area contributed by atoms with Crippen molar-refractivity contribution >= 4 is 19.9 Å². The van der Waals surface area contributed by atoms with Crippen LogP contribution in [0.3, 0.4) is 0 Å². The van der Waals surface area contributed by atoms with Gasteiger partial charge in [0.1, 0.15) is 10.8 Å². The summed E-state index contributed by atoms with van der Waals surface area (Å²) in [6.45, 7) is 1.73. The van der Waals surface area contributed by atoms with Gasteiger partial charge in [-0.3, -0.25) is 0 Å². The highest BCUT2D eigenvalue weighted by molar-refractivity contribution is 8.57.